The van der Waals surface area contributed by atoms with Gasteiger partial charge in [-0.15, -0.1) is 0 Å². The van der Waals surface area contributed by atoms with E-state index in [1.807, 2.05) is 0 Å². The van der Waals surface area contributed by atoms with Crippen molar-refractivity contribution in [2.45, 2.75) is 13.1 Å². The van der Waals surface area contributed by atoms with Gasteiger partial charge in [0.25, 0.3) is 0 Å². The number of halogens is 3. The normalized spacial score (nSPS) is 10.8. The Balaban J connectivity index is 3.66. The van der Waals surface area contributed by atoms with Gasteiger partial charge in [0.2, 0.25) is 0 Å². The van der Waals surface area contributed by atoms with Crippen molar-refractivity contribution < 1.29 is 22.8 Å². The number of hydrogen-bond acceptors (Lipinski definition) is 3. The Kier molecular flexibility index (Phi) is 3.32. The van der Waals surface area contributed by atoms with Crippen LogP contribution in [-0.2, 0) is 6.18 Å². The van der Waals surface area contributed by atoms with E-state index in [0.717, 1.165) is 19.1 Å². The number of carbonyl (C=O) groups excluding carboxylic acids is 2. The van der Waals surface area contributed by atoms with Crippen LogP contribution in [0.1, 0.15) is 38.8 Å². The number of nitrogens with zero attached hydrogens (tertiary/aromatic N) is 1. The first-order valence-corrected chi connectivity index (χ1v) is 4.42. The van der Waals surface area contributed by atoms with Crippen molar-refractivity contribution in [3.05, 3.63) is 34.4 Å². The molecule has 0 aliphatic carbocycles. The molecule has 0 fully saturated rings. The zero-order valence-electron chi connectivity index (χ0n) is 8.63. The van der Waals surface area contributed by atoms with Gasteiger partial charge >= 0.3 is 6.18 Å². The molecule has 0 spiro atoms. The Bertz CT molecular complexity index is 527. The molecule has 0 unspecified atom stereocenters. The molecule has 0 atom stereocenters. The van der Waals surface area contributed by atoms with E-state index in [1.165, 1.54) is 6.07 Å². The fourth-order valence-corrected chi connectivity index (χ4v) is 1.37. The number of hydrogen-bond donors (Lipinski definition) is 0. The lowest BCUT2D eigenvalue weighted by Gasteiger charge is -2.12. The van der Waals surface area contributed by atoms with Gasteiger partial charge in [0.1, 0.15) is 0 Å². The van der Waals surface area contributed by atoms with Crippen LogP contribution in [0.25, 0.3) is 0 Å². The van der Waals surface area contributed by atoms with E-state index in [4.69, 9.17) is 5.26 Å². The first-order valence-electron chi connectivity index (χ1n) is 4.42. The number of rotatable bonds is 2. The van der Waals surface area contributed by atoms with Gasteiger partial charge in [-0.05, 0) is 19.1 Å². The van der Waals surface area contributed by atoms with E-state index in [-0.39, 0.29) is 11.8 Å². The number of aldehydes is 1. The summed E-state index contributed by atoms with van der Waals surface area (Å²) in [5.74, 6) is -0.515. The molecule has 0 radical (unpaired) electrons. The molecule has 0 aliphatic rings. The summed E-state index contributed by atoms with van der Waals surface area (Å²) in [6.07, 6.45) is -4.83. The topological polar surface area (TPSA) is 57.9 Å². The van der Waals surface area contributed by atoms with Crippen LogP contribution in [0.5, 0.6) is 0 Å². The highest BCUT2D eigenvalue weighted by Gasteiger charge is 2.36. The third-order valence-corrected chi connectivity index (χ3v) is 2.11. The van der Waals surface area contributed by atoms with Gasteiger partial charge in [0.05, 0.1) is 17.2 Å². The van der Waals surface area contributed by atoms with Crippen LogP contribution in [0.4, 0.5) is 13.2 Å². The van der Waals surface area contributed by atoms with Crippen molar-refractivity contribution >= 4 is 12.1 Å². The molecule has 3 nitrogen and oxygen atoms in total. The van der Waals surface area contributed by atoms with Crippen LogP contribution >= 0.6 is 0 Å². The minimum atomic E-state index is -4.81. The van der Waals surface area contributed by atoms with Crippen molar-refractivity contribution in [3.63, 3.8) is 0 Å². The van der Waals surface area contributed by atoms with Crippen LogP contribution in [0.15, 0.2) is 12.1 Å². The smallest absolute Gasteiger partial charge is 0.298 e. The molecule has 1 aromatic carbocycles. The van der Waals surface area contributed by atoms with E-state index in [1.54, 1.807) is 0 Å². The summed E-state index contributed by atoms with van der Waals surface area (Å²) in [7, 11) is 0. The second-order valence-corrected chi connectivity index (χ2v) is 3.27. The number of Topliss-reactive ketones (excluding diaryl/α,β-unsaturated/α-hetero) is 1. The van der Waals surface area contributed by atoms with Crippen LogP contribution in [0.2, 0.25) is 0 Å². The van der Waals surface area contributed by atoms with E-state index in [0.29, 0.717) is 0 Å². The first-order chi connectivity index (χ1) is 7.81. The van der Waals surface area contributed by atoms with Crippen molar-refractivity contribution in [2.75, 3.05) is 0 Å². The van der Waals surface area contributed by atoms with E-state index in [2.05, 4.69) is 0 Å². The average molecular weight is 241 g/mol. The Morgan fingerprint density at radius 1 is 1.41 bits per heavy atom. The molecule has 0 bridgehead atoms. The highest BCUT2D eigenvalue weighted by atomic mass is 19.4. The van der Waals surface area contributed by atoms with Gasteiger partial charge in [0, 0.05) is 11.1 Å². The van der Waals surface area contributed by atoms with Crippen LogP contribution in [0, 0.1) is 11.3 Å². The van der Waals surface area contributed by atoms with Gasteiger partial charge in [-0.3, -0.25) is 9.59 Å². The maximum Gasteiger partial charge on any atom is 0.418 e. The zero-order valence-corrected chi connectivity index (χ0v) is 8.63. The molecule has 17 heavy (non-hydrogen) atoms. The summed E-state index contributed by atoms with van der Waals surface area (Å²) >= 11 is 0. The summed E-state index contributed by atoms with van der Waals surface area (Å²) in [5.41, 5.74) is -2.84. The summed E-state index contributed by atoms with van der Waals surface area (Å²) < 4.78 is 37.9. The highest BCUT2D eigenvalue weighted by molar-refractivity contribution is 5.96. The molecule has 0 aliphatic heterocycles. The van der Waals surface area contributed by atoms with Crippen LogP contribution in [0.3, 0.4) is 0 Å². The number of alkyl halides is 3. The molecule has 1 rings (SSSR count). The van der Waals surface area contributed by atoms with E-state index < -0.39 is 28.6 Å². The molecule has 0 amide bonds. The molecule has 0 saturated carbocycles. The first kappa shape index (κ1) is 12.9. The average Bonchev–Trinajstić information content (AvgIpc) is 2.25. The monoisotopic (exact) mass is 241 g/mol. The second-order valence-electron chi connectivity index (χ2n) is 3.27. The third-order valence-electron chi connectivity index (χ3n) is 2.11. The molecule has 0 saturated heterocycles. The lowest BCUT2D eigenvalue weighted by atomic mass is 9.97. The van der Waals surface area contributed by atoms with Crippen molar-refractivity contribution in [2.24, 2.45) is 0 Å². The number of carbonyl (C=O) groups is 2. The van der Waals surface area contributed by atoms with Gasteiger partial charge in [-0.2, -0.15) is 18.4 Å². The summed E-state index contributed by atoms with van der Waals surface area (Å²) in [6.45, 7) is 1.14. The molecule has 88 valence electrons. The quantitative estimate of drug-likeness (QED) is 0.590. The van der Waals surface area contributed by atoms with Crippen molar-refractivity contribution in [1.29, 1.82) is 5.26 Å². The molecule has 6 heteroatoms. The standard InChI is InChI=1S/C11H6F3NO2/c1-6(17)7-2-8(4-15)10(11(12,13)14)9(3-7)5-16/h2-3,5H,1H3. The SMILES string of the molecule is CC(=O)c1cc(C#N)c(C(F)(F)F)c(C=O)c1. The van der Waals surface area contributed by atoms with Gasteiger partial charge < -0.3 is 0 Å². The largest absolute Gasteiger partial charge is 0.418 e. The summed E-state index contributed by atoms with van der Waals surface area (Å²) in [6, 6.07) is 3.00. The van der Waals surface area contributed by atoms with Gasteiger partial charge in [0.15, 0.2) is 12.1 Å². The Hall–Kier alpha value is -2.16. The minimum Gasteiger partial charge on any atom is -0.298 e. The number of nitriles is 1. The predicted molar refractivity (Wildman–Crippen MR) is 51.6 cm³/mol. The van der Waals surface area contributed by atoms with Crippen molar-refractivity contribution in [3.8, 4) is 6.07 Å². The molecule has 0 heterocycles. The Morgan fingerprint density at radius 2 is 2.00 bits per heavy atom. The fraction of sp³-hybridized carbons (Fsp3) is 0.182. The zero-order chi connectivity index (χ0) is 13.2. The van der Waals surface area contributed by atoms with Crippen molar-refractivity contribution in [1.82, 2.24) is 0 Å². The lowest BCUT2D eigenvalue weighted by Crippen LogP contribution is -2.13. The molecule has 0 N–H and O–H groups in total. The van der Waals surface area contributed by atoms with E-state index in [9.17, 15) is 22.8 Å². The van der Waals surface area contributed by atoms with Gasteiger partial charge in [-0.1, -0.05) is 0 Å². The van der Waals surface area contributed by atoms with Crippen LogP contribution in [-0.4, -0.2) is 12.1 Å². The molecular formula is C11H6F3NO2. The molecule has 1 aromatic rings. The Morgan fingerprint density at radius 3 is 2.35 bits per heavy atom. The van der Waals surface area contributed by atoms with Crippen LogP contribution < -0.4 is 0 Å². The molecule has 0 aromatic heterocycles. The maximum absolute atomic E-state index is 12.6. The highest BCUT2D eigenvalue weighted by Crippen LogP contribution is 2.34. The summed E-state index contributed by atoms with van der Waals surface area (Å²) in [4.78, 5) is 21.6. The van der Waals surface area contributed by atoms with Gasteiger partial charge in [-0.25, -0.2) is 0 Å². The maximum atomic E-state index is 12.6. The lowest BCUT2D eigenvalue weighted by molar-refractivity contribution is -0.138. The second kappa shape index (κ2) is 4.37. The number of benzene rings is 1. The van der Waals surface area contributed by atoms with E-state index >= 15 is 0 Å². The summed E-state index contributed by atoms with van der Waals surface area (Å²) in [5, 5.41) is 8.63. The fourth-order valence-electron chi connectivity index (χ4n) is 1.37. The minimum absolute atomic E-state index is 0.0178. The predicted octanol–water partition coefficient (Wildman–Crippen LogP) is 2.59. The molecular weight excluding hydrogens is 235 g/mol. The number of ketones is 1. The Labute approximate surface area is 94.5 Å². The third kappa shape index (κ3) is 2.50.